The summed E-state index contributed by atoms with van der Waals surface area (Å²) in [5.74, 6) is -0.0145. The Bertz CT molecular complexity index is 669. The molecule has 6 nitrogen and oxygen atoms in total. The Balaban J connectivity index is 1.59. The zero-order valence-electron chi connectivity index (χ0n) is 13.5. The van der Waals surface area contributed by atoms with Crippen molar-refractivity contribution in [3.8, 4) is 0 Å². The Kier molecular flexibility index (Phi) is 5.08. The van der Waals surface area contributed by atoms with Crippen molar-refractivity contribution in [1.82, 2.24) is 5.32 Å². The van der Waals surface area contributed by atoms with Crippen LogP contribution >= 0.6 is 11.8 Å². The van der Waals surface area contributed by atoms with Crippen LogP contribution in [0.15, 0.2) is 23.1 Å². The second kappa shape index (κ2) is 7.25. The van der Waals surface area contributed by atoms with E-state index in [-0.39, 0.29) is 29.7 Å². The summed E-state index contributed by atoms with van der Waals surface area (Å²) in [6.07, 6.45) is 3.00. The Hall–Kier alpha value is -2.02. The number of carbonyl (C=O) groups is 3. The maximum atomic E-state index is 12.4. The number of anilines is 1. The van der Waals surface area contributed by atoms with Gasteiger partial charge >= 0.3 is 5.97 Å². The van der Waals surface area contributed by atoms with Gasteiger partial charge in [0.05, 0.1) is 24.5 Å². The van der Waals surface area contributed by atoms with Crippen LogP contribution in [0.3, 0.4) is 0 Å². The third-order valence-corrected chi connectivity index (χ3v) is 5.55. The first kappa shape index (κ1) is 16.8. The van der Waals surface area contributed by atoms with Crippen molar-refractivity contribution < 1.29 is 19.1 Å². The molecule has 1 heterocycles. The monoisotopic (exact) mass is 348 g/mol. The Morgan fingerprint density at radius 3 is 2.71 bits per heavy atom. The van der Waals surface area contributed by atoms with E-state index >= 15 is 0 Å². The highest BCUT2D eigenvalue weighted by molar-refractivity contribution is 8.00. The molecular weight excluding hydrogens is 328 g/mol. The largest absolute Gasteiger partial charge is 0.469 e. The molecule has 0 unspecified atom stereocenters. The topological polar surface area (TPSA) is 84.5 Å². The predicted molar refractivity (Wildman–Crippen MR) is 91.0 cm³/mol. The fourth-order valence-corrected chi connectivity index (χ4v) is 3.92. The van der Waals surface area contributed by atoms with Gasteiger partial charge in [0.1, 0.15) is 0 Å². The predicted octanol–water partition coefficient (Wildman–Crippen LogP) is 2.19. The minimum atomic E-state index is -0.164. The third kappa shape index (κ3) is 3.72. The number of fused-ring (bicyclic) bond motifs is 1. The number of hydrogen-bond donors (Lipinski definition) is 2. The highest BCUT2D eigenvalue weighted by Gasteiger charge is 2.28. The van der Waals surface area contributed by atoms with Crippen molar-refractivity contribution in [2.24, 2.45) is 5.92 Å². The van der Waals surface area contributed by atoms with Crippen LogP contribution in [0.5, 0.6) is 0 Å². The second-order valence-corrected chi connectivity index (χ2v) is 7.11. The Morgan fingerprint density at radius 1 is 1.25 bits per heavy atom. The molecule has 0 spiro atoms. The molecule has 1 fully saturated rings. The summed E-state index contributed by atoms with van der Waals surface area (Å²) < 4.78 is 4.77. The SMILES string of the molecule is COC(=O)C1CCC(NC(=O)c2ccc3c(c2)NC(=O)CS3)CC1. The molecule has 24 heavy (non-hydrogen) atoms. The Morgan fingerprint density at radius 2 is 2.00 bits per heavy atom. The molecule has 2 amide bonds. The zero-order valence-corrected chi connectivity index (χ0v) is 14.3. The van der Waals surface area contributed by atoms with Gasteiger partial charge in [-0.05, 0) is 43.9 Å². The summed E-state index contributed by atoms with van der Waals surface area (Å²) >= 11 is 1.47. The first-order valence-corrected chi connectivity index (χ1v) is 9.01. The lowest BCUT2D eigenvalue weighted by Crippen LogP contribution is -2.39. The smallest absolute Gasteiger partial charge is 0.308 e. The molecule has 1 aromatic rings. The Labute approximate surface area is 144 Å². The number of ether oxygens (including phenoxy) is 1. The first-order valence-electron chi connectivity index (χ1n) is 8.02. The first-order chi connectivity index (χ1) is 11.6. The van der Waals surface area contributed by atoms with Gasteiger partial charge in [0.15, 0.2) is 0 Å². The summed E-state index contributed by atoms with van der Waals surface area (Å²) in [6.45, 7) is 0. The lowest BCUT2D eigenvalue weighted by atomic mass is 9.86. The molecule has 1 aliphatic carbocycles. The number of benzene rings is 1. The summed E-state index contributed by atoms with van der Waals surface area (Å²) in [4.78, 5) is 36.4. The van der Waals surface area contributed by atoms with Crippen LogP contribution in [0, 0.1) is 5.92 Å². The van der Waals surface area contributed by atoms with Gasteiger partial charge in [-0.3, -0.25) is 14.4 Å². The van der Waals surface area contributed by atoms with Gasteiger partial charge in [-0.2, -0.15) is 0 Å². The quantitative estimate of drug-likeness (QED) is 0.818. The second-order valence-electron chi connectivity index (χ2n) is 6.09. The third-order valence-electron chi connectivity index (χ3n) is 4.47. The molecule has 1 saturated carbocycles. The minimum absolute atomic E-state index is 0.0498. The zero-order chi connectivity index (χ0) is 17.1. The van der Waals surface area contributed by atoms with Gasteiger partial charge in [0.2, 0.25) is 5.91 Å². The average Bonchev–Trinajstić information content (AvgIpc) is 2.61. The standard InChI is InChI=1S/C17H20N2O4S/c1-23-17(22)10-2-5-12(6-3-10)18-16(21)11-4-7-14-13(8-11)19-15(20)9-24-14/h4,7-8,10,12H,2-3,5-6,9H2,1H3,(H,18,21)(H,19,20). The normalized spacial score (nSPS) is 23.0. The van der Waals surface area contributed by atoms with Crippen molar-refractivity contribution in [2.45, 2.75) is 36.6 Å². The van der Waals surface area contributed by atoms with Crippen molar-refractivity contribution in [3.63, 3.8) is 0 Å². The fraction of sp³-hybridized carbons (Fsp3) is 0.471. The van der Waals surface area contributed by atoms with Gasteiger partial charge in [0, 0.05) is 16.5 Å². The van der Waals surface area contributed by atoms with E-state index in [0.717, 1.165) is 30.6 Å². The van der Waals surface area contributed by atoms with Crippen LogP contribution in [-0.4, -0.2) is 36.7 Å². The molecule has 0 aromatic heterocycles. The molecular formula is C17H20N2O4S. The molecule has 3 rings (SSSR count). The van der Waals surface area contributed by atoms with Crippen molar-refractivity contribution >= 4 is 35.2 Å². The molecule has 128 valence electrons. The number of rotatable bonds is 3. The maximum Gasteiger partial charge on any atom is 0.308 e. The molecule has 2 aliphatic rings. The van der Waals surface area contributed by atoms with E-state index in [2.05, 4.69) is 10.6 Å². The molecule has 2 N–H and O–H groups in total. The maximum absolute atomic E-state index is 12.4. The average molecular weight is 348 g/mol. The number of hydrogen-bond acceptors (Lipinski definition) is 5. The lowest BCUT2D eigenvalue weighted by molar-refractivity contribution is -0.146. The van der Waals surface area contributed by atoms with E-state index in [4.69, 9.17) is 4.74 Å². The van der Waals surface area contributed by atoms with Gasteiger partial charge in [-0.25, -0.2) is 0 Å². The number of methoxy groups -OCH3 is 1. The fourth-order valence-electron chi connectivity index (χ4n) is 3.13. The van der Waals surface area contributed by atoms with Crippen LogP contribution in [0.2, 0.25) is 0 Å². The van der Waals surface area contributed by atoms with Crippen LogP contribution in [-0.2, 0) is 14.3 Å². The van der Waals surface area contributed by atoms with E-state index in [9.17, 15) is 14.4 Å². The van der Waals surface area contributed by atoms with Crippen LogP contribution in [0.25, 0.3) is 0 Å². The molecule has 0 bridgehead atoms. The van der Waals surface area contributed by atoms with Crippen molar-refractivity contribution in [2.75, 3.05) is 18.2 Å². The van der Waals surface area contributed by atoms with Gasteiger partial charge < -0.3 is 15.4 Å². The summed E-state index contributed by atoms with van der Waals surface area (Å²) in [5, 5.41) is 5.81. The molecule has 1 aliphatic heterocycles. The highest BCUT2D eigenvalue weighted by atomic mass is 32.2. The van der Waals surface area contributed by atoms with Crippen LogP contribution < -0.4 is 10.6 Å². The molecule has 0 radical (unpaired) electrons. The highest BCUT2D eigenvalue weighted by Crippen LogP contribution is 2.32. The minimum Gasteiger partial charge on any atom is -0.469 e. The summed E-state index contributed by atoms with van der Waals surface area (Å²) in [5.41, 5.74) is 1.23. The number of amides is 2. The number of thioether (sulfide) groups is 1. The van der Waals surface area contributed by atoms with Crippen LogP contribution in [0.1, 0.15) is 36.0 Å². The van der Waals surface area contributed by atoms with E-state index in [1.54, 1.807) is 12.1 Å². The molecule has 7 heteroatoms. The molecule has 1 aromatic carbocycles. The van der Waals surface area contributed by atoms with Crippen molar-refractivity contribution in [1.29, 1.82) is 0 Å². The van der Waals surface area contributed by atoms with Gasteiger partial charge in [-0.15, -0.1) is 11.8 Å². The molecule has 0 saturated heterocycles. The van der Waals surface area contributed by atoms with E-state index < -0.39 is 0 Å². The van der Waals surface area contributed by atoms with Crippen LogP contribution in [0.4, 0.5) is 5.69 Å². The summed E-state index contributed by atoms with van der Waals surface area (Å²) in [6, 6.07) is 5.43. The number of esters is 1. The number of carbonyl (C=O) groups excluding carboxylic acids is 3. The van der Waals surface area contributed by atoms with E-state index in [1.807, 2.05) is 6.07 Å². The summed E-state index contributed by atoms with van der Waals surface area (Å²) in [7, 11) is 1.41. The number of nitrogens with one attached hydrogen (secondary N) is 2. The van der Waals surface area contributed by atoms with Crippen molar-refractivity contribution in [3.05, 3.63) is 23.8 Å². The van der Waals surface area contributed by atoms with E-state index in [0.29, 0.717) is 17.0 Å². The van der Waals surface area contributed by atoms with Gasteiger partial charge in [0.25, 0.3) is 5.91 Å². The molecule has 0 atom stereocenters. The van der Waals surface area contributed by atoms with Gasteiger partial charge in [-0.1, -0.05) is 0 Å². The van der Waals surface area contributed by atoms with E-state index in [1.165, 1.54) is 18.9 Å². The lowest BCUT2D eigenvalue weighted by Gasteiger charge is -2.27.